The molecule has 31 heavy (non-hydrogen) atoms. The van der Waals surface area contributed by atoms with E-state index in [0.29, 0.717) is 24.2 Å². The Hall–Kier alpha value is -3.55. The van der Waals surface area contributed by atoms with Crippen molar-refractivity contribution in [2.24, 2.45) is 0 Å². The Bertz CT molecular complexity index is 989. The molecule has 0 radical (unpaired) electrons. The van der Waals surface area contributed by atoms with Gasteiger partial charge in [0, 0.05) is 13.1 Å². The molecule has 2 heterocycles. The number of amides is 2. The number of methoxy groups -OCH3 is 1. The van der Waals surface area contributed by atoms with Crippen molar-refractivity contribution >= 4 is 29.2 Å². The van der Waals surface area contributed by atoms with Gasteiger partial charge in [-0.15, -0.1) is 0 Å². The highest BCUT2D eigenvalue weighted by molar-refractivity contribution is 6.05. The zero-order valence-corrected chi connectivity index (χ0v) is 17.3. The maximum absolute atomic E-state index is 12.4. The maximum atomic E-state index is 12.4. The lowest BCUT2D eigenvalue weighted by atomic mass is 10.1. The van der Waals surface area contributed by atoms with Crippen molar-refractivity contribution in [1.29, 1.82) is 0 Å². The van der Waals surface area contributed by atoms with Crippen LogP contribution in [-0.4, -0.2) is 50.6 Å². The Balaban J connectivity index is 1.26. The number of ether oxygens (including phenoxy) is 2. The minimum atomic E-state index is -0.606. The first-order valence-corrected chi connectivity index (χ1v) is 10.3. The van der Waals surface area contributed by atoms with Gasteiger partial charge < -0.3 is 25.0 Å². The summed E-state index contributed by atoms with van der Waals surface area (Å²) < 4.78 is 10.2. The van der Waals surface area contributed by atoms with Crippen molar-refractivity contribution in [3.8, 4) is 5.75 Å². The first-order chi connectivity index (χ1) is 15.0. The number of carbonyl (C=O) groups excluding carboxylic acids is 3. The van der Waals surface area contributed by atoms with Crippen LogP contribution in [0.1, 0.15) is 28.8 Å². The lowest BCUT2D eigenvalue weighted by Gasteiger charge is -2.33. The van der Waals surface area contributed by atoms with Crippen LogP contribution in [0.15, 0.2) is 42.5 Å². The second-order valence-corrected chi connectivity index (χ2v) is 7.60. The van der Waals surface area contributed by atoms with Crippen LogP contribution < -0.4 is 20.3 Å². The number of hydrogen-bond acceptors (Lipinski definition) is 6. The van der Waals surface area contributed by atoms with Crippen LogP contribution in [0.25, 0.3) is 0 Å². The van der Waals surface area contributed by atoms with E-state index in [9.17, 15) is 14.4 Å². The molecule has 2 aliphatic rings. The van der Waals surface area contributed by atoms with E-state index < -0.39 is 5.97 Å². The number of fused-ring (bicyclic) bond motifs is 3. The van der Waals surface area contributed by atoms with E-state index in [4.69, 9.17) is 9.47 Å². The van der Waals surface area contributed by atoms with Crippen LogP contribution in [0.4, 0.5) is 11.4 Å². The molecule has 2 aromatic rings. The average molecular weight is 423 g/mol. The molecule has 0 aromatic heterocycles. The molecular formula is C23H25N3O5. The normalized spacial score (nSPS) is 16.7. The monoisotopic (exact) mass is 423 g/mol. The van der Waals surface area contributed by atoms with Crippen molar-refractivity contribution in [2.75, 3.05) is 37.0 Å². The van der Waals surface area contributed by atoms with Gasteiger partial charge in [-0.1, -0.05) is 12.1 Å². The highest BCUT2D eigenvalue weighted by Gasteiger charge is 2.36. The largest absolute Gasteiger partial charge is 0.497 e. The van der Waals surface area contributed by atoms with E-state index in [2.05, 4.69) is 15.5 Å². The van der Waals surface area contributed by atoms with Gasteiger partial charge in [0.05, 0.1) is 24.0 Å². The van der Waals surface area contributed by atoms with Crippen LogP contribution >= 0.6 is 0 Å². The smallest absolute Gasteiger partial charge is 0.338 e. The molecule has 1 fully saturated rings. The number of nitrogens with one attached hydrogen (secondary N) is 2. The molecule has 1 saturated heterocycles. The third-order valence-electron chi connectivity index (χ3n) is 5.58. The Kier molecular flexibility index (Phi) is 6.06. The topological polar surface area (TPSA) is 97.0 Å². The number of benzene rings is 2. The fraction of sp³-hybridized carbons (Fsp3) is 0.348. The molecule has 0 aliphatic carbocycles. The number of esters is 1. The predicted molar refractivity (Wildman–Crippen MR) is 115 cm³/mol. The first kappa shape index (κ1) is 20.7. The van der Waals surface area contributed by atoms with E-state index in [1.165, 1.54) is 0 Å². The van der Waals surface area contributed by atoms with E-state index in [1.807, 2.05) is 30.3 Å². The highest BCUT2D eigenvalue weighted by Crippen LogP contribution is 2.37. The Morgan fingerprint density at radius 2 is 2.00 bits per heavy atom. The highest BCUT2D eigenvalue weighted by atomic mass is 16.5. The summed E-state index contributed by atoms with van der Waals surface area (Å²) in [6.07, 6.45) is 2.46. The molecule has 8 heteroatoms. The summed E-state index contributed by atoms with van der Waals surface area (Å²) in [5, 5.41) is 5.60. The lowest BCUT2D eigenvalue weighted by Crippen LogP contribution is -2.43. The molecule has 0 spiro atoms. The van der Waals surface area contributed by atoms with Gasteiger partial charge in [-0.25, -0.2) is 4.79 Å². The minimum absolute atomic E-state index is 0.0493. The van der Waals surface area contributed by atoms with Gasteiger partial charge in [-0.2, -0.15) is 0 Å². The summed E-state index contributed by atoms with van der Waals surface area (Å²) in [5.74, 6) is -0.243. The van der Waals surface area contributed by atoms with Gasteiger partial charge in [0.15, 0.2) is 6.61 Å². The number of hydrogen-bond donors (Lipinski definition) is 2. The predicted octanol–water partition coefficient (Wildman–Crippen LogP) is 2.13. The summed E-state index contributed by atoms with van der Waals surface area (Å²) in [5.41, 5.74) is 2.87. The molecule has 162 valence electrons. The van der Waals surface area contributed by atoms with Crippen molar-refractivity contribution in [3.63, 3.8) is 0 Å². The molecule has 2 aliphatic heterocycles. The molecule has 0 unspecified atom stereocenters. The Morgan fingerprint density at radius 3 is 2.77 bits per heavy atom. The van der Waals surface area contributed by atoms with Crippen molar-refractivity contribution in [3.05, 3.63) is 53.6 Å². The van der Waals surface area contributed by atoms with Gasteiger partial charge in [0.2, 0.25) is 5.91 Å². The van der Waals surface area contributed by atoms with Crippen LogP contribution in [0.2, 0.25) is 0 Å². The Morgan fingerprint density at radius 1 is 1.19 bits per heavy atom. The summed E-state index contributed by atoms with van der Waals surface area (Å²) in [6, 6.07) is 12.6. The first-order valence-electron chi connectivity index (χ1n) is 10.3. The van der Waals surface area contributed by atoms with Gasteiger partial charge in [-0.05, 0) is 55.2 Å². The van der Waals surface area contributed by atoms with Gasteiger partial charge in [0.1, 0.15) is 11.8 Å². The van der Waals surface area contributed by atoms with Crippen molar-refractivity contribution < 1.29 is 23.9 Å². The van der Waals surface area contributed by atoms with Crippen LogP contribution in [0.3, 0.4) is 0 Å². The zero-order valence-electron chi connectivity index (χ0n) is 17.3. The molecule has 1 atom stereocenters. The molecule has 2 amide bonds. The summed E-state index contributed by atoms with van der Waals surface area (Å²) in [4.78, 5) is 38.7. The summed E-state index contributed by atoms with van der Waals surface area (Å²) >= 11 is 0. The fourth-order valence-corrected chi connectivity index (χ4v) is 3.96. The van der Waals surface area contributed by atoms with E-state index in [0.717, 1.165) is 36.4 Å². The molecular weight excluding hydrogens is 398 g/mol. The molecule has 0 saturated carbocycles. The van der Waals surface area contributed by atoms with E-state index in [1.54, 1.807) is 19.2 Å². The van der Waals surface area contributed by atoms with Crippen LogP contribution in [0, 0.1) is 0 Å². The third kappa shape index (κ3) is 4.63. The average Bonchev–Trinajstić information content (AvgIpc) is 3.28. The summed E-state index contributed by atoms with van der Waals surface area (Å²) in [6.45, 7) is 0.898. The number of rotatable bonds is 7. The molecule has 8 nitrogen and oxygen atoms in total. The second-order valence-electron chi connectivity index (χ2n) is 7.60. The second kappa shape index (κ2) is 9.07. The third-order valence-corrected chi connectivity index (χ3v) is 5.58. The molecule has 4 rings (SSSR count). The Labute approximate surface area is 180 Å². The molecule has 2 aromatic carbocycles. The fourth-order valence-electron chi connectivity index (χ4n) is 3.96. The number of nitrogens with zero attached hydrogens (tertiary/aromatic N) is 1. The standard InChI is InChI=1S/C23H25N3O5/c1-30-17-7-4-15(5-8-17)10-11-24-21(27)14-31-23(29)16-6-9-19-18(13-16)25-22(28)20-3-2-12-26(19)20/h4-9,13,20H,2-3,10-12,14H2,1H3,(H,24,27)(H,25,28)/t20-/m0/s1. The maximum Gasteiger partial charge on any atom is 0.338 e. The zero-order chi connectivity index (χ0) is 21.8. The van der Waals surface area contributed by atoms with Crippen LogP contribution in [-0.2, 0) is 20.7 Å². The summed E-state index contributed by atoms with van der Waals surface area (Å²) in [7, 11) is 1.61. The molecule has 0 bridgehead atoms. The van der Waals surface area contributed by atoms with Crippen molar-refractivity contribution in [1.82, 2.24) is 5.32 Å². The van der Waals surface area contributed by atoms with Crippen LogP contribution in [0.5, 0.6) is 5.75 Å². The SMILES string of the molecule is COc1ccc(CCNC(=O)COC(=O)c2ccc3c(c2)NC(=O)[C@@H]2CCCN32)cc1. The molecule has 2 N–H and O–H groups in total. The van der Waals surface area contributed by atoms with E-state index in [-0.39, 0.29) is 24.5 Å². The quantitative estimate of drug-likeness (QED) is 0.663. The number of carbonyl (C=O) groups is 3. The van der Waals surface area contributed by atoms with Gasteiger partial charge in [0.25, 0.3) is 5.91 Å². The van der Waals surface area contributed by atoms with Crippen molar-refractivity contribution in [2.45, 2.75) is 25.3 Å². The van der Waals surface area contributed by atoms with E-state index >= 15 is 0 Å². The lowest BCUT2D eigenvalue weighted by molar-refractivity contribution is -0.124. The minimum Gasteiger partial charge on any atom is -0.497 e. The van der Waals surface area contributed by atoms with Gasteiger partial charge in [-0.3, -0.25) is 9.59 Å². The van der Waals surface area contributed by atoms with Gasteiger partial charge >= 0.3 is 5.97 Å². The number of anilines is 2.